The van der Waals surface area contributed by atoms with Gasteiger partial charge in [-0.3, -0.25) is 18.7 Å². The first-order valence-corrected chi connectivity index (χ1v) is 10.5. The Morgan fingerprint density at radius 1 is 1.10 bits per heavy atom. The van der Waals surface area contributed by atoms with Crippen LogP contribution in [0.15, 0.2) is 42.5 Å². The number of carboxylic acids is 1. The Kier molecular flexibility index (Phi) is 7.65. The summed E-state index contributed by atoms with van der Waals surface area (Å²) in [5.74, 6) is -3.58. The zero-order chi connectivity index (χ0) is 22.5. The molecule has 0 heterocycles. The minimum Gasteiger partial charge on any atom is -0.508 e. The van der Waals surface area contributed by atoms with Crippen molar-refractivity contribution < 1.29 is 33.7 Å². The number of hydrogen-bond donors (Lipinski definition) is 7. The predicted octanol–water partition coefficient (Wildman–Crippen LogP) is 1.78. The number of aliphatic carboxylic acids is 1. The van der Waals surface area contributed by atoms with Crippen molar-refractivity contribution in [2.75, 3.05) is 5.75 Å². The number of amides is 2. The number of carbonyl (C=O) groups excluding carboxylic acids is 2. The molecule has 30 heavy (non-hydrogen) atoms. The van der Waals surface area contributed by atoms with Crippen LogP contribution in [0.4, 0.5) is 0 Å². The number of benzene rings is 2. The van der Waals surface area contributed by atoms with Crippen molar-refractivity contribution in [3.05, 3.63) is 64.2 Å². The van der Waals surface area contributed by atoms with Crippen LogP contribution in [0.25, 0.3) is 0 Å². The average Bonchev–Trinajstić information content (AvgIpc) is 2.64. The molecule has 10 nitrogen and oxygen atoms in total. The average molecular weight is 458 g/mol. The zero-order valence-electron chi connectivity index (χ0n) is 15.4. The van der Waals surface area contributed by atoms with Gasteiger partial charge in [0.15, 0.2) is 0 Å². The molecule has 0 spiro atoms. The van der Waals surface area contributed by atoms with E-state index in [2.05, 4.69) is 10.6 Å². The van der Waals surface area contributed by atoms with E-state index in [4.69, 9.17) is 21.8 Å². The molecule has 0 fully saturated rings. The highest BCUT2D eigenvalue weighted by atomic mass is 35.5. The van der Waals surface area contributed by atoms with Crippen molar-refractivity contribution in [1.29, 1.82) is 0 Å². The van der Waals surface area contributed by atoms with E-state index in [0.29, 0.717) is 5.56 Å². The number of carbonyl (C=O) groups is 3. The van der Waals surface area contributed by atoms with E-state index in [9.17, 15) is 28.6 Å². The number of nitrogens with one attached hydrogen (secondary N) is 2. The molecule has 0 aromatic heterocycles. The number of hydrogen-bond acceptors (Lipinski definition) is 7. The summed E-state index contributed by atoms with van der Waals surface area (Å²) in [5, 5.41) is 28.2. The van der Waals surface area contributed by atoms with Crippen LogP contribution in [0.5, 0.6) is 5.75 Å². The molecule has 2 rings (SSSR count). The van der Waals surface area contributed by atoms with Crippen LogP contribution in [-0.2, 0) is 11.3 Å². The van der Waals surface area contributed by atoms with Crippen LogP contribution >= 0.6 is 22.4 Å². The molecule has 0 aliphatic carbocycles. The third-order valence-electron chi connectivity index (χ3n) is 3.85. The summed E-state index contributed by atoms with van der Waals surface area (Å²) in [7, 11) is -3.65. The van der Waals surface area contributed by atoms with E-state index < -0.39 is 40.4 Å². The number of phenols is 1. The highest BCUT2D eigenvalue weighted by Gasteiger charge is 2.26. The lowest BCUT2D eigenvalue weighted by Crippen LogP contribution is -2.45. The highest BCUT2D eigenvalue weighted by molar-refractivity contribution is 8.22. The molecule has 1 atom stereocenters. The molecule has 2 amide bonds. The lowest BCUT2D eigenvalue weighted by atomic mass is 10.1. The van der Waals surface area contributed by atoms with Crippen LogP contribution in [0.2, 0.25) is 5.02 Å². The number of nitrogens with two attached hydrogens (primary N) is 1. The largest absolute Gasteiger partial charge is 0.508 e. The summed E-state index contributed by atoms with van der Waals surface area (Å²) in [4.78, 5) is 35.8. The maximum absolute atomic E-state index is 12.3. The molecule has 2 aromatic rings. The van der Waals surface area contributed by atoms with Crippen LogP contribution in [0.1, 0.15) is 26.3 Å². The molecule has 8 N–H and O–H groups in total. The molecule has 0 aliphatic rings. The van der Waals surface area contributed by atoms with Crippen molar-refractivity contribution in [3.63, 3.8) is 0 Å². The molecule has 2 aromatic carbocycles. The predicted molar refractivity (Wildman–Crippen MR) is 112 cm³/mol. The summed E-state index contributed by atoms with van der Waals surface area (Å²) in [6, 6.07) is 8.50. The molecule has 162 valence electrons. The van der Waals surface area contributed by atoms with Crippen LogP contribution in [0, 0.1) is 0 Å². The summed E-state index contributed by atoms with van der Waals surface area (Å²) >= 11 is 6.06. The van der Waals surface area contributed by atoms with E-state index in [1.165, 1.54) is 30.3 Å². The smallest absolute Gasteiger partial charge is 0.327 e. The van der Waals surface area contributed by atoms with E-state index in [1.807, 2.05) is 0 Å². The molecule has 0 unspecified atom stereocenters. The molecule has 0 bridgehead atoms. The van der Waals surface area contributed by atoms with Gasteiger partial charge in [0.2, 0.25) is 0 Å². The number of aromatic hydroxyl groups is 1. The van der Waals surface area contributed by atoms with Gasteiger partial charge in [-0.15, -0.1) is 10.8 Å². The van der Waals surface area contributed by atoms with Gasteiger partial charge in [-0.1, -0.05) is 23.7 Å². The topological polar surface area (TPSA) is 182 Å². The van der Waals surface area contributed by atoms with Gasteiger partial charge in [0.1, 0.15) is 11.8 Å². The zero-order valence-corrected chi connectivity index (χ0v) is 17.0. The second kappa shape index (κ2) is 9.78. The summed E-state index contributed by atoms with van der Waals surface area (Å²) < 4.78 is 18.5. The van der Waals surface area contributed by atoms with Gasteiger partial charge >= 0.3 is 5.97 Å². The molecular weight excluding hydrogens is 438 g/mol. The number of carboxylic acid groups (broad SMARTS) is 1. The first-order chi connectivity index (χ1) is 14.0. The summed E-state index contributed by atoms with van der Waals surface area (Å²) in [6.45, 7) is 0.152. The van der Waals surface area contributed by atoms with Gasteiger partial charge in [-0.05, 0) is 35.9 Å². The maximum Gasteiger partial charge on any atom is 0.327 e. The van der Waals surface area contributed by atoms with E-state index in [0.717, 1.165) is 0 Å². The molecule has 0 aliphatic heterocycles. The van der Waals surface area contributed by atoms with E-state index >= 15 is 0 Å². The Hall–Kier alpha value is -2.83. The molecule has 0 saturated heterocycles. The Labute approximate surface area is 178 Å². The van der Waals surface area contributed by atoms with E-state index in [1.54, 1.807) is 12.1 Å². The second-order valence-electron chi connectivity index (χ2n) is 6.30. The minimum atomic E-state index is -3.65. The fraction of sp³-hybridized carbons (Fsp3) is 0.167. The van der Waals surface area contributed by atoms with Crippen LogP contribution in [-0.4, -0.2) is 48.9 Å². The Balaban J connectivity index is 2.07. The first kappa shape index (κ1) is 23.4. The van der Waals surface area contributed by atoms with Crippen molar-refractivity contribution in [2.45, 2.75) is 12.6 Å². The summed E-state index contributed by atoms with van der Waals surface area (Å²) in [5.41, 5.74) is 0.722. The van der Waals surface area contributed by atoms with Crippen LogP contribution in [0.3, 0.4) is 0 Å². The number of phenolic OH excluding ortho intramolecular Hbond substituents is 1. The first-order valence-electron chi connectivity index (χ1n) is 8.39. The fourth-order valence-electron chi connectivity index (χ4n) is 2.45. The minimum absolute atomic E-state index is 0.0655. The Morgan fingerprint density at radius 2 is 1.80 bits per heavy atom. The maximum atomic E-state index is 12.3. The molecule has 0 radical (unpaired) electrons. The molecular formula is C18H20ClN3O7S. The Bertz CT molecular complexity index is 965. The monoisotopic (exact) mass is 457 g/mol. The van der Waals surface area contributed by atoms with Gasteiger partial charge in [-0.2, -0.15) is 0 Å². The lowest BCUT2D eigenvalue weighted by Gasteiger charge is -2.29. The quantitative estimate of drug-likeness (QED) is 0.313. The van der Waals surface area contributed by atoms with Gasteiger partial charge in [0.05, 0.1) is 16.3 Å². The van der Waals surface area contributed by atoms with Crippen molar-refractivity contribution in [3.8, 4) is 5.75 Å². The Morgan fingerprint density at radius 3 is 2.37 bits per heavy atom. The lowest BCUT2D eigenvalue weighted by molar-refractivity contribution is -0.138. The second-order valence-corrected chi connectivity index (χ2v) is 8.47. The van der Waals surface area contributed by atoms with Crippen LogP contribution < -0.4 is 15.8 Å². The van der Waals surface area contributed by atoms with Gasteiger partial charge in [0, 0.05) is 12.1 Å². The number of halogens is 1. The SMILES string of the molecule is NS(O)(O)C[C@H](NC(=O)c1ccc(C(=O)NCc2cccc(O)c2)cc1Cl)C(=O)O. The molecule has 0 saturated carbocycles. The number of rotatable bonds is 8. The van der Waals surface area contributed by atoms with Gasteiger partial charge in [-0.25, -0.2) is 9.93 Å². The van der Waals surface area contributed by atoms with Crippen molar-refractivity contribution >= 4 is 40.2 Å². The molecule has 12 heteroatoms. The van der Waals surface area contributed by atoms with E-state index in [-0.39, 0.29) is 28.4 Å². The third kappa shape index (κ3) is 6.90. The highest BCUT2D eigenvalue weighted by Crippen LogP contribution is 2.29. The van der Waals surface area contributed by atoms with Crippen molar-refractivity contribution in [1.82, 2.24) is 10.6 Å². The van der Waals surface area contributed by atoms with Gasteiger partial charge in [0.25, 0.3) is 11.8 Å². The standard InChI is InChI=1S/C18H20ClN3O7S/c19-14-7-11(16(24)21-8-10-2-1-3-12(23)6-10)4-5-13(14)17(25)22-15(18(26)27)9-30(20,28)29/h1-7,15,23,28-29H,8-9,20H2,(H,21,24)(H,22,25)(H,26,27)/t15-/m0/s1. The summed E-state index contributed by atoms with van der Waals surface area (Å²) in [6.07, 6.45) is 0. The fourth-order valence-corrected chi connectivity index (χ4v) is 3.43. The van der Waals surface area contributed by atoms with Gasteiger partial charge < -0.3 is 20.8 Å². The normalized spacial score (nSPS) is 12.7. The van der Waals surface area contributed by atoms with Crippen molar-refractivity contribution in [2.24, 2.45) is 5.14 Å². The third-order valence-corrected chi connectivity index (χ3v) is 4.99.